The fraction of sp³-hybridized carbons (Fsp3) is 0.912. The molecule has 3 N–H and O–H groups in total. The minimum atomic E-state index is -0.848. The molecule has 438 valence electrons. The molecular weight excluding hydrogens is 911 g/mol. The van der Waals surface area contributed by atoms with Gasteiger partial charge in [0.1, 0.15) is 0 Å². The minimum absolute atomic E-state index is 0.0142. The molecule has 0 bridgehead atoms. The van der Waals surface area contributed by atoms with Gasteiger partial charge in [-0.1, -0.05) is 327 Å². The van der Waals surface area contributed by atoms with Gasteiger partial charge in [0.15, 0.2) is 0 Å². The van der Waals surface area contributed by atoms with Crippen LogP contribution in [0.4, 0.5) is 0 Å². The van der Waals surface area contributed by atoms with Crippen LogP contribution in [0.15, 0.2) is 24.3 Å². The summed E-state index contributed by atoms with van der Waals surface area (Å²) in [5.41, 5.74) is 0. The standard InChI is InChI=1S/C68H131NO5/c1-3-5-7-9-11-13-15-17-18-19-20-27-30-33-37-40-44-48-52-56-60-66(71)65(64-70)69-67(72)61-57-53-49-45-41-38-34-31-28-25-23-21-22-24-26-29-32-35-39-43-47-51-55-59-63-74-68(73)62-58-54-50-46-42-36-16-14-12-10-8-6-4-2/h23,25,56,60,65-66,70-71H,3-22,24,26-55,57-59,61-64H2,1-2H3,(H,69,72)/b25-23-,60-56+. The van der Waals surface area contributed by atoms with E-state index in [4.69, 9.17) is 4.74 Å². The SMILES string of the molecule is CCCCCCCCCCCCCCCCCCCC/C=C/C(O)C(CO)NC(=O)CCCCCCCCCC/C=C\CCCCCCCCCCCCCCOC(=O)CCCCCCCCCCCCCCC. The number of ether oxygens (including phenoxy) is 1. The maximum atomic E-state index is 12.5. The first-order chi connectivity index (χ1) is 36.5. The summed E-state index contributed by atoms with van der Waals surface area (Å²) in [5, 5.41) is 23.2. The van der Waals surface area contributed by atoms with E-state index in [-0.39, 0.29) is 18.5 Å². The van der Waals surface area contributed by atoms with Crippen molar-refractivity contribution in [1.82, 2.24) is 5.32 Å². The molecule has 6 heteroatoms. The van der Waals surface area contributed by atoms with Gasteiger partial charge in [-0.3, -0.25) is 9.59 Å². The van der Waals surface area contributed by atoms with E-state index < -0.39 is 12.1 Å². The first-order valence-corrected chi connectivity index (χ1v) is 33.6. The Balaban J connectivity index is 3.43. The van der Waals surface area contributed by atoms with Crippen LogP contribution in [-0.2, 0) is 14.3 Å². The summed E-state index contributed by atoms with van der Waals surface area (Å²) in [7, 11) is 0. The highest BCUT2D eigenvalue weighted by Gasteiger charge is 2.18. The number of carbonyl (C=O) groups excluding carboxylic acids is 2. The van der Waals surface area contributed by atoms with Crippen LogP contribution >= 0.6 is 0 Å². The molecule has 0 heterocycles. The number of aliphatic hydroxyl groups excluding tert-OH is 2. The monoisotopic (exact) mass is 1040 g/mol. The molecule has 0 radical (unpaired) electrons. The van der Waals surface area contributed by atoms with Crippen molar-refractivity contribution in [3.05, 3.63) is 24.3 Å². The lowest BCUT2D eigenvalue weighted by Crippen LogP contribution is -2.45. The first-order valence-electron chi connectivity index (χ1n) is 33.6. The number of rotatable bonds is 63. The molecule has 0 rings (SSSR count). The predicted molar refractivity (Wildman–Crippen MR) is 324 cm³/mol. The Morgan fingerprint density at radius 3 is 0.959 bits per heavy atom. The summed E-state index contributed by atoms with van der Waals surface area (Å²) in [6.45, 7) is 4.93. The fourth-order valence-electron chi connectivity index (χ4n) is 10.6. The molecule has 0 aliphatic heterocycles. The molecule has 1 amide bonds. The fourth-order valence-corrected chi connectivity index (χ4v) is 10.6. The van der Waals surface area contributed by atoms with Crippen LogP contribution in [0.5, 0.6) is 0 Å². The molecule has 2 atom stereocenters. The van der Waals surface area contributed by atoms with Crippen LogP contribution in [0.25, 0.3) is 0 Å². The minimum Gasteiger partial charge on any atom is -0.466 e. The maximum absolute atomic E-state index is 12.5. The van der Waals surface area contributed by atoms with E-state index in [9.17, 15) is 19.8 Å². The van der Waals surface area contributed by atoms with Crippen LogP contribution in [0.1, 0.15) is 373 Å². The van der Waals surface area contributed by atoms with Crippen molar-refractivity contribution in [1.29, 1.82) is 0 Å². The highest BCUT2D eigenvalue weighted by atomic mass is 16.5. The Morgan fingerprint density at radius 2 is 0.635 bits per heavy atom. The van der Waals surface area contributed by atoms with Crippen molar-refractivity contribution < 1.29 is 24.5 Å². The molecule has 0 aromatic rings. The Morgan fingerprint density at radius 1 is 0.365 bits per heavy atom. The summed E-state index contributed by atoms with van der Waals surface area (Å²) in [4.78, 5) is 24.5. The van der Waals surface area contributed by atoms with Gasteiger partial charge in [-0.15, -0.1) is 0 Å². The predicted octanol–water partition coefficient (Wildman–Crippen LogP) is 21.4. The van der Waals surface area contributed by atoms with Gasteiger partial charge < -0.3 is 20.3 Å². The smallest absolute Gasteiger partial charge is 0.305 e. The van der Waals surface area contributed by atoms with Crippen LogP contribution in [-0.4, -0.2) is 47.4 Å². The van der Waals surface area contributed by atoms with E-state index in [1.165, 1.54) is 308 Å². The van der Waals surface area contributed by atoms with Crippen molar-refractivity contribution in [3.63, 3.8) is 0 Å². The summed E-state index contributed by atoms with van der Waals surface area (Å²) in [6.07, 6.45) is 79.5. The third kappa shape index (κ3) is 59.6. The number of carbonyl (C=O) groups is 2. The van der Waals surface area contributed by atoms with Crippen molar-refractivity contribution >= 4 is 11.9 Å². The largest absolute Gasteiger partial charge is 0.466 e. The first kappa shape index (κ1) is 72.3. The van der Waals surface area contributed by atoms with E-state index in [1.807, 2.05) is 6.08 Å². The molecule has 0 aliphatic rings. The second-order valence-corrected chi connectivity index (χ2v) is 23.2. The Kier molecular flexibility index (Phi) is 62.4. The molecule has 6 nitrogen and oxygen atoms in total. The van der Waals surface area contributed by atoms with Crippen LogP contribution in [0.2, 0.25) is 0 Å². The van der Waals surface area contributed by atoms with E-state index in [2.05, 4.69) is 31.3 Å². The molecule has 0 saturated carbocycles. The number of esters is 1. The number of amides is 1. The molecule has 0 aromatic heterocycles. The van der Waals surface area contributed by atoms with Gasteiger partial charge in [0.25, 0.3) is 0 Å². The average Bonchev–Trinajstić information content (AvgIpc) is 3.40. The van der Waals surface area contributed by atoms with Gasteiger partial charge in [-0.2, -0.15) is 0 Å². The summed E-state index contributed by atoms with van der Waals surface area (Å²) < 4.78 is 5.48. The molecule has 0 aliphatic carbocycles. The van der Waals surface area contributed by atoms with Crippen molar-refractivity contribution in [2.75, 3.05) is 13.2 Å². The Labute approximate surface area is 462 Å². The zero-order valence-corrected chi connectivity index (χ0v) is 50.1. The van der Waals surface area contributed by atoms with Crippen molar-refractivity contribution in [3.8, 4) is 0 Å². The molecule has 0 saturated heterocycles. The quantitative estimate of drug-likeness (QED) is 0.0320. The van der Waals surface area contributed by atoms with Crippen LogP contribution in [0, 0.1) is 0 Å². The number of aliphatic hydroxyl groups is 2. The lowest BCUT2D eigenvalue weighted by molar-refractivity contribution is -0.143. The second kappa shape index (κ2) is 63.9. The molecule has 0 fully saturated rings. The highest BCUT2D eigenvalue weighted by molar-refractivity contribution is 5.76. The van der Waals surface area contributed by atoms with E-state index in [0.717, 1.165) is 38.5 Å². The normalized spacial score (nSPS) is 12.6. The van der Waals surface area contributed by atoms with Crippen LogP contribution < -0.4 is 5.32 Å². The lowest BCUT2D eigenvalue weighted by atomic mass is 10.0. The lowest BCUT2D eigenvalue weighted by Gasteiger charge is -2.20. The Hall–Kier alpha value is -1.66. The third-order valence-corrected chi connectivity index (χ3v) is 15.7. The molecule has 2 unspecified atom stereocenters. The average molecular weight is 1040 g/mol. The van der Waals surface area contributed by atoms with E-state index >= 15 is 0 Å². The second-order valence-electron chi connectivity index (χ2n) is 23.2. The molecule has 0 spiro atoms. The van der Waals surface area contributed by atoms with Gasteiger partial charge in [0.2, 0.25) is 5.91 Å². The van der Waals surface area contributed by atoms with Gasteiger partial charge in [0, 0.05) is 12.8 Å². The molecule has 0 aromatic carbocycles. The highest BCUT2D eigenvalue weighted by Crippen LogP contribution is 2.18. The third-order valence-electron chi connectivity index (χ3n) is 15.7. The Bertz CT molecular complexity index is 1150. The van der Waals surface area contributed by atoms with Crippen LogP contribution in [0.3, 0.4) is 0 Å². The van der Waals surface area contributed by atoms with Gasteiger partial charge in [-0.25, -0.2) is 0 Å². The zero-order chi connectivity index (χ0) is 53.6. The van der Waals surface area contributed by atoms with Gasteiger partial charge in [0.05, 0.1) is 25.4 Å². The van der Waals surface area contributed by atoms with Crippen molar-refractivity contribution in [2.24, 2.45) is 0 Å². The number of hydrogen-bond acceptors (Lipinski definition) is 5. The number of hydrogen-bond donors (Lipinski definition) is 3. The van der Waals surface area contributed by atoms with Crippen molar-refractivity contribution in [2.45, 2.75) is 386 Å². The maximum Gasteiger partial charge on any atom is 0.305 e. The summed E-state index contributed by atoms with van der Waals surface area (Å²) >= 11 is 0. The number of nitrogens with one attached hydrogen (secondary N) is 1. The van der Waals surface area contributed by atoms with E-state index in [0.29, 0.717) is 19.4 Å². The molecule has 74 heavy (non-hydrogen) atoms. The van der Waals surface area contributed by atoms with Gasteiger partial charge in [-0.05, 0) is 57.8 Å². The zero-order valence-electron chi connectivity index (χ0n) is 50.1. The molecular formula is C68H131NO5. The summed E-state index contributed by atoms with van der Waals surface area (Å²) in [5.74, 6) is -0.0549. The van der Waals surface area contributed by atoms with E-state index in [1.54, 1.807) is 6.08 Å². The van der Waals surface area contributed by atoms with Gasteiger partial charge >= 0.3 is 5.97 Å². The summed E-state index contributed by atoms with van der Waals surface area (Å²) in [6, 6.07) is -0.632. The number of allylic oxidation sites excluding steroid dienone is 3. The topological polar surface area (TPSA) is 95.9 Å². The number of unbranched alkanes of at least 4 members (excludes halogenated alkanes) is 50.